The molecule has 0 atom stereocenters. The highest BCUT2D eigenvalue weighted by atomic mass is 35.5. The summed E-state index contributed by atoms with van der Waals surface area (Å²) in [5, 5.41) is 13.6. The molecule has 1 aromatic heterocycles. The summed E-state index contributed by atoms with van der Waals surface area (Å²) in [6, 6.07) is 16.0. The van der Waals surface area contributed by atoms with Crippen LogP contribution in [0, 0.1) is 0 Å². The largest absolute Gasteiger partial charge is 0.478 e. The standard InChI is InChI=1S/C18H14ClN3O2S/c19-14-7-3-1-5-12(14)11-25-18-20-10-9-16(22-18)21-15-8-4-2-6-13(15)17(23)24/h1-10H,11H2,(H,23,24)(H,20,21,22). The molecule has 3 aromatic rings. The van der Waals surface area contributed by atoms with Gasteiger partial charge in [0.2, 0.25) is 0 Å². The Bertz CT molecular complexity index is 905. The van der Waals surface area contributed by atoms with Crippen molar-refractivity contribution < 1.29 is 9.90 Å². The van der Waals surface area contributed by atoms with Crippen molar-refractivity contribution in [2.45, 2.75) is 10.9 Å². The van der Waals surface area contributed by atoms with Crippen molar-refractivity contribution in [3.63, 3.8) is 0 Å². The Morgan fingerprint density at radius 2 is 1.88 bits per heavy atom. The zero-order chi connectivity index (χ0) is 17.6. The molecule has 5 nitrogen and oxygen atoms in total. The summed E-state index contributed by atoms with van der Waals surface area (Å²) in [5.41, 5.74) is 1.68. The van der Waals surface area contributed by atoms with Gasteiger partial charge in [0, 0.05) is 17.0 Å². The molecule has 0 aliphatic rings. The maximum absolute atomic E-state index is 11.3. The Labute approximate surface area is 154 Å². The van der Waals surface area contributed by atoms with Crippen LogP contribution < -0.4 is 5.32 Å². The fourth-order valence-corrected chi connectivity index (χ4v) is 3.27. The highest BCUT2D eigenvalue weighted by molar-refractivity contribution is 7.98. The molecule has 2 N–H and O–H groups in total. The number of carboxylic acids is 1. The maximum atomic E-state index is 11.3. The van der Waals surface area contributed by atoms with Crippen molar-refractivity contribution >= 4 is 40.8 Å². The number of anilines is 2. The summed E-state index contributed by atoms with van der Waals surface area (Å²) in [6.07, 6.45) is 1.63. The Morgan fingerprint density at radius 1 is 1.12 bits per heavy atom. The van der Waals surface area contributed by atoms with E-state index in [1.165, 1.54) is 11.8 Å². The molecule has 3 rings (SSSR count). The molecular weight excluding hydrogens is 358 g/mol. The van der Waals surface area contributed by atoms with Crippen molar-refractivity contribution in [1.82, 2.24) is 9.97 Å². The van der Waals surface area contributed by atoms with Crippen LogP contribution in [0.3, 0.4) is 0 Å². The minimum Gasteiger partial charge on any atom is -0.478 e. The number of benzene rings is 2. The molecule has 7 heteroatoms. The lowest BCUT2D eigenvalue weighted by atomic mass is 10.2. The minimum absolute atomic E-state index is 0.186. The molecule has 0 spiro atoms. The van der Waals surface area contributed by atoms with Crippen molar-refractivity contribution in [2.24, 2.45) is 0 Å². The smallest absolute Gasteiger partial charge is 0.337 e. The number of thioether (sulfide) groups is 1. The first kappa shape index (κ1) is 17.3. The van der Waals surface area contributed by atoms with Crippen LogP contribution in [0.1, 0.15) is 15.9 Å². The second-order valence-corrected chi connectivity index (χ2v) is 6.43. The molecular formula is C18H14ClN3O2S. The fourth-order valence-electron chi connectivity index (χ4n) is 2.15. The Hall–Kier alpha value is -2.57. The van der Waals surface area contributed by atoms with Gasteiger partial charge in [-0.3, -0.25) is 0 Å². The Balaban J connectivity index is 1.74. The molecule has 126 valence electrons. The van der Waals surface area contributed by atoms with Gasteiger partial charge in [0.15, 0.2) is 5.16 Å². The molecule has 0 amide bonds. The van der Waals surface area contributed by atoms with E-state index < -0.39 is 5.97 Å². The lowest BCUT2D eigenvalue weighted by Gasteiger charge is -2.09. The second-order valence-electron chi connectivity index (χ2n) is 5.08. The zero-order valence-electron chi connectivity index (χ0n) is 13.0. The molecule has 2 aromatic carbocycles. The van der Waals surface area contributed by atoms with Crippen LogP contribution in [-0.4, -0.2) is 21.0 Å². The number of nitrogens with one attached hydrogen (secondary N) is 1. The predicted octanol–water partition coefficient (Wildman–Crippen LogP) is 4.86. The SMILES string of the molecule is O=C(O)c1ccccc1Nc1ccnc(SCc2ccccc2Cl)n1. The summed E-state index contributed by atoms with van der Waals surface area (Å²) < 4.78 is 0. The molecule has 0 aliphatic carbocycles. The van der Waals surface area contributed by atoms with E-state index in [1.54, 1.807) is 36.5 Å². The summed E-state index contributed by atoms with van der Waals surface area (Å²) in [4.78, 5) is 19.9. The maximum Gasteiger partial charge on any atom is 0.337 e. The van der Waals surface area contributed by atoms with E-state index in [4.69, 9.17) is 11.6 Å². The number of aromatic nitrogens is 2. The van der Waals surface area contributed by atoms with Gasteiger partial charge in [0.1, 0.15) is 5.82 Å². The molecule has 0 bridgehead atoms. The number of aromatic carboxylic acids is 1. The fraction of sp³-hybridized carbons (Fsp3) is 0.0556. The average molecular weight is 372 g/mol. The second kappa shape index (κ2) is 8.00. The van der Waals surface area contributed by atoms with Gasteiger partial charge in [-0.15, -0.1) is 0 Å². The number of hydrogen-bond donors (Lipinski definition) is 2. The molecule has 25 heavy (non-hydrogen) atoms. The molecule has 0 saturated heterocycles. The van der Waals surface area contributed by atoms with Crippen molar-refractivity contribution in [3.8, 4) is 0 Å². The molecule has 1 heterocycles. The average Bonchev–Trinajstić information content (AvgIpc) is 2.62. The van der Waals surface area contributed by atoms with Gasteiger partial charge in [-0.25, -0.2) is 14.8 Å². The van der Waals surface area contributed by atoms with Crippen LogP contribution in [0.15, 0.2) is 66.0 Å². The topological polar surface area (TPSA) is 75.1 Å². The first-order chi connectivity index (χ1) is 12.1. The van der Waals surface area contributed by atoms with Crippen LogP contribution >= 0.6 is 23.4 Å². The highest BCUT2D eigenvalue weighted by Crippen LogP contribution is 2.26. The van der Waals surface area contributed by atoms with E-state index in [-0.39, 0.29) is 5.56 Å². The third kappa shape index (κ3) is 4.49. The molecule has 0 unspecified atom stereocenters. The van der Waals surface area contributed by atoms with Gasteiger partial charge in [0.05, 0.1) is 11.3 Å². The highest BCUT2D eigenvalue weighted by Gasteiger charge is 2.10. The molecule has 0 fully saturated rings. The van der Waals surface area contributed by atoms with Gasteiger partial charge in [-0.05, 0) is 29.8 Å². The summed E-state index contributed by atoms with van der Waals surface area (Å²) in [7, 11) is 0. The van der Waals surface area contributed by atoms with Crippen LogP contribution in [0.5, 0.6) is 0 Å². The number of rotatable bonds is 6. The van der Waals surface area contributed by atoms with E-state index in [0.29, 0.717) is 27.4 Å². The lowest BCUT2D eigenvalue weighted by molar-refractivity contribution is 0.0698. The van der Waals surface area contributed by atoms with Crippen molar-refractivity contribution in [1.29, 1.82) is 0 Å². The van der Waals surface area contributed by atoms with E-state index >= 15 is 0 Å². The van der Waals surface area contributed by atoms with E-state index in [0.717, 1.165) is 5.56 Å². The van der Waals surface area contributed by atoms with Crippen molar-refractivity contribution in [2.75, 3.05) is 5.32 Å². The first-order valence-corrected chi connectivity index (χ1v) is 8.78. The summed E-state index contributed by atoms with van der Waals surface area (Å²) >= 11 is 7.61. The third-order valence-corrected chi connectivity index (χ3v) is 4.65. The number of carboxylic acid groups (broad SMARTS) is 1. The van der Waals surface area contributed by atoms with Crippen LogP contribution in [0.25, 0.3) is 0 Å². The number of nitrogens with zero attached hydrogens (tertiary/aromatic N) is 2. The summed E-state index contributed by atoms with van der Waals surface area (Å²) in [6.45, 7) is 0. The zero-order valence-corrected chi connectivity index (χ0v) is 14.6. The third-order valence-electron chi connectivity index (χ3n) is 3.37. The number of halogens is 1. The molecule has 0 saturated carbocycles. The van der Waals surface area contributed by atoms with Crippen molar-refractivity contribution in [3.05, 3.63) is 76.9 Å². The number of carbonyl (C=O) groups is 1. The van der Waals surface area contributed by atoms with Gasteiger partial charge in [0.25, 0.3) is 0 Å². The van der Waals surface area contributed by atoms with E-state index in [9.17, 15) is 9.90 Å². The number of hydrogen-bond acceptors (Lipinski definition) is 5. The predicted molar refractivity (Wildman–Crippen MR) is 99.7 cm³/mol. The molecule has 0 aliphatic heterocycles. The van der Waals surface area contributed by atoms with Crippen LogP contribution in [0.4, 0.5) is 11.5 Å². The van der Waals surface area contributed by atoms with Gasteiger partial charge in [-0.2, -0.15) is 0 Å². The Kier molecular flexibility index (Phi) is 5.53. The quantitative estimate of drug-likeness (QED) is 0.476. The van der Waals surface area contributed by atoms with Crippen LogP contribution in [-0.2, 0) is 5.75 Å². The summed E-state index contributed by atoms with van der Waals surface area (Å²) in [5.74, 6) is 0.185. The Morgan fingerprint density at radius 3 is 2.68 bits per heavy atom. The van der Waals surface area contributed by atoms with E-state index in [1.807, 2.05) is 24.3 Å². The monoisotopic (exact) mass is 371 g/mol. The van der Waals surface area contributed by atoms with E-state index in [2.05, 4.69) is 15.3 Å². The van der Waals surface area contributed by atoms with Gasteiger partial charge < -0.3 is 10.4 Å². The van der Waals surface area contributed by atoms with Gasteiger partial charge in [-0.1, -0.05) is 53.7 Å². The first-order valence-electron chi connectivity index (χ1n) is 7.42. The molecule has 0 radical (unpaired) electrons. The lowest BCUT2D eigenvalue weighted by Crippen LogP contribution is -2.03. The van der Waals surface area contributed by atoms with Gasteiger partial charge >= 0.3 is 5.97 Å². The normalized spacial score (nSPS) is 10.4. The minimum atomic E-state index is -0.995. The number of para-hydroxylation sites is 1. The van der Waals surface area contributed by atoms with Crippen LogP contribution in [0.2, 0.25) is 5.02 Å².